The molecule has 3 aromatic rings. The fourth-order valence-corrected chi connectivity index (χ4v) is 3.77. The maximum absolute atomic E-state index is 12.9. The first-order valence-corrected chi connectivity index (χ1v) is 10.1. The summed E-state index contributed by atoms with van der Waals surface area (Å²) in [6, 6.07) is 11.2. The quantitative estimate of drug-likeness (QED) is 0.456. The van der Waals surface area contributed by atoms with Crippen LogP contribution in [0.4, 0.5) is 5.69 Å². The van der Waals surface area contributed by atoms with Gasteiger partial charge in [-0.3, -0.25) is 14.9 Å². The molecule has 1 aliphatic rings. The predicted molar refractivity (Wildman–Crippen MR) is 110 cm³/mol. The maximum Gasteiger partial charge on any atom is 0.271 e. The van der Waals surface area contributed by atoms with Crippen molar-refractivity contribution in [2.24, 2.45) is 0 Å². The van der Waals surface area contributed by atoms with Gasteiger partial charge in [0, 0.05) is 18.2 Å². The van der Waals surface area contributed by atoms with Crippen LogP contribution in [0.1, 0.15) is 29.8 Å². The molecule has 0 atom stereocenters. The Kier molecular flexibility index (Phi) is 5.89. The van der Waals surface area contributed by atoms with Gasteiger partial charge in [0.1, 0.15) is 11.4 Å². The number of nitro groups is 1. The number of non-ortho nitro benzene ring substituents is 1. The Bertz CT molecular complexity index is 1020. The van der Waals surface area contributed by atoms with E-state index in [-0.39, 0.29) is 11.6 Å². The summed E-state index contributed by atoms with van der Waals surface area (Å²) in [6.45, 7) is 3.72. The minimum atomic E-state index is -0.471. The number of carbonyl (C=O) groups excluding carboxylic acids is 1. The van der Waals surface area contributed by atoms with E-state index in [0.29, 0.717) is 29.4 Å². The molecule has 2 N–H and O–H groups in total. The predicted octanol–water partition coefficient (Wildman–Crippen LogP) is 1.84. The first-order chi connectivity index (χ1) is 14.6. The number of aromatic nitrogens is 2. The molecule has 30 heavy (non-hydrogen) atoms. The Labute approximate surface area is 173 Å². The second-order valence-electron chi connectivity index (χ2n) is 7.40. The summed E-state index contributed by atoms with van der Waals surface area (Å²) in [4.78, 5) is 25.1. The first kappa shape index (κ1) is 19.8. The normalized spacial score (nSPS) is 14.5. The average Bonchev–Trinajstić information content (AvgIpc) is 3.44. The number of hydrogen-bond donors (Lipinski definition) is 2. The number of hydrogen-bond acceptors (Lipinski definition) is 5. The van der Waals surface area contributed by atoms with E-state index in [1.807, 2.05) is 0 Å². The van der Waals surface area contributed by atoms with Gasteiger partial charge in [0.05, 0.1) is 43.1 Å². The van der Waals surface area contributed by atoms with Crippen LogP contribution in [-0.2, 0) is 0 Å². The van der Waals surface area contributed by atoms with Crippen molar-refractivity contribution in [2.45, 2.75) is 19.3 Å². The molecular weight excluding hydrogens is 386 g/mol. The zero-order chi connectivity index (χ0) is 20.9. The fraction of sp³-hybridized carbons (Fsp3) is 0.333. The van der Waals surface area contributed by atoms with Gasteiger partial charge in [-0.25, -0.2) is 4.68 Å². The summed E-state index contributed by atoms with van der Waals surface area (Å²) in [7, 11) is 0. The Balaban J connectivity index is 1.58. The van der Waals surface area contributed by atoms with Crippen molar-refractivity contribution < 1.29 is 19.0 Å². The maximum atomic E-state index is 12.9. The molecular formula is C21H24N5O4+. The van der Waals surface area contributed by atoms with Crippen molar-refractivity contribution in [3.05, 3.63) is 64.5 Å². The smallest absolute Gasteiger partial charge is 0.271 e. The lowest BCUT2D eigenvalue weighted by Gasteiger charge is -2.23. The highest BCUT2D eigenvalue weighted by Gasteiger charge is 2.21. The number of piperidine rings is 1. The largest absolute Gasteiger partial charge is 0.463 e. The summed E-state index contributed by atoms with van der Waals surface area (Å²) in [5.41, 5.74) is 1.16. The molecule has 9 heteroatoms. The van der Waals surface area contributed by atoms with Gasteiger partial charge in [0.15, 0.2) is 5.76 Å². The first-order valence-electron chi connectivity index (χ1n) is 10.1. The van der Waals surface area contributed by atoms with Gasteiger partial charge in [0.2, 0.25) is 0 Å². The van der Waals surface area contributed by atoms with Crippen molar-refractivity contribution in [1.82, 2.24) is 15.1 Å². The Morgan fingerprint density at radius 3 is 2.77 bits per heavy atom. The van der Waals surface area contributed by atoms with Crippen LogP contribution in [0, 0.1) is 10.1 Å². The molecule has 1 saturated heterocycles. The van der Waals surface area contributed by atoms with Crippen molar-refractivity contribution in [1.29, 1.82) is 0 Å². The zero-order valence-corrected chi connectivity index (χ0v) is 16.5. The molecule has 156 valence electrons. The van der Waals surface area contributed by atoms with E-state index < -0.39 is 4.92 Å². The van der Waals surface area contributed by atoms with E-state index in [0.717, 1.165) is 19.6 Å². The number of nitro benzene ring substituents is 1. The van der Waals surface area contributed by atoms with Gasteiger partial charge in [-0.1, -0.05) is 6.07 Å². The van der Waals surface area contributed by atoms with Crippen LogP contribution in [-0.4, -0.2) is 46.8 Å². The highest BCUT2D eigenvalue weighted by molar-refractivity contribution is 5.94. The molecule has 0 unspecified atom stereocenters. The van der Waals surface area contributed by atoms with Crippen LogP contribution in [0.3, 0.4) is 0 Å². The molecule has 9 nitrogen and oxygen atoms in total. The van der Waals surface area contributed by atoms with Crippen LogP contribution in [0.2, 0.25) is 0 Å². The monoisotopic (exact) mass is 410 g/mol. The van der Waals surface area contributed by atoms with Crippen LogP contribution >= 0.6 is 0 Å². The number of carbonyl (C=O) groups is 1. The standard InChI is InChI=1S/C21H23N5O4/c27-21(22-9-12-24-10-2-1-3-11-24)19-15-18(20-8-5-13-30-20)23-25(19)16-6-4-7-17(14-16)26(28)29/h4-8,13-15H,1-3,9-12H2,(H,22,27)/p+1. The van der Waals surface area contributed by atoms with Crippen LogP contribution < -0.4 is 10.2 Å². The van der Waals surface area contributed by atoms with Crippen molar-refractivity contribution >= 4 is 11.6 Å². The molecule has 0 bridgehead atoms. The van der Waals surface area contributed by atoms with Gasteiger partial charge >= 0.3 is 0 Å². The van der Waals surface area contributed by atoms with Gasteiger partial charge in [-0.05, 0) is 37.5 Å². The third-order valence-corrected chi connectivity index (χ3v) is 5.33. The molecule has 1 aliphatic heterocycles. The molecule has 0 spiro atoms. The third-order valence-electron chi connectivity index (χ3n) is 5.33. The average molecular weight is 410 g/mol. The topological polar surface area (TPSA) is 108 Å². The molecule has 0 saturated carbocycles. The molecule has 1 amide bonds. The second kappa shape index (κ2) is 8.91. The highest BCUT2D eigenvalue weighted by Crippen LogP contribution is 2.24. The fourth-order valence-electron chi connectivity index (χ4n) is 3.77. The van der Waals surface area contributed by atoms with E-state index in [1.54, 1.807) is 30.3 Å². The van der Waals surface area contributed by atoms with Crippen molar-refractivity contribution in [3.8, 4) is 17.1 Å². The third kappa shape index (κ3) is 4.41. The molecule has 0 aliphatic carbocycles. The Morgan fingerprint density at radius 1 is 1.20 bits per heavy atom. The SMILES string of the molecule is O=C(NCC[NH+]1CCCCC1)c1cc(-c2ccco2)nn1-c1cccc([N+](=O)[O-])c1. The van der Waals surface area contributed by atoms with Gasteiger partial charge in [-0.2, -0.15) is 5.10 Å². The van der Waals surface area contributed by atoms with E-state index in [1.165, 1.54) is 47.2 Å². The summed E-state index contributed by atoms with van der Waals surface area (Å²) in [6.07, 6.45) is 5.28. The number of amides is 1. The van der Waals surface area contributed by atoms with Crippen LogP contribution in [0.5, 0.6) is 0 Å². The van der Waals surface area contributed by atoms with E-state index in [9.17, 15) is 14.9 Å². The van der Waals surface area contributed by atoms with Crippen molar-refractivity contribution in [3.63, 3.8) is 0 Å². The number of rotatable bonds is 7. The number of quaternary nitrogens is 1. The molecule has 2 aromatic heterocycles. The lowest BCUT2D eigenvalue weighted by atomic mass is 10.1. The number of benzene rings is 1. The molecule has 0 radical (unpaired) electrons. The summed E-state index contributed by atoms with van der Waals surface area (Å²) < 4.78 is 6.83. The van der Waals surface area contributed by atoms with E-state index >= 15 is 0 Å². The van der Waals surface area contributed by atoms with E-state index in [2.05, 4.69) is 10.4 Å². The van der Waals surface area contributed by atoms with Gasteiger partial charge in [-0.15, -0.1) is 0 Å². The lowest BCUT2D eigenvalue weighted by molar-refractivity contribution is -0.903. The number of nitrogens with zero attached hydrogens (tertiary/aromatic N) is 3. The number of nitrogens with one attached hydrogen (secondary N) is 2. The minimum absolute atomic E-state index is 0.0670. The highest BCUT2D eigenvalue weighted by atomic mass is 16.6. The minimum Gasteiger partial charge on any atom is -0.463 e. The summed E-state index contributed by atoms with van der Waals surface area (Å²) >= 11 is 0. The van der Waals surface area contributed by atoms with Gasteiger partial charge in [0.25, 0.3) is 11.6 Å². The lowest BCUT2D eigenvalue weighted by Crippen LogP contribution is -3.13. The van der Waals surface area contributed by atoms with E-state index in [4.69, 9.17) is 4.42 Å². The van der Waals surface area contributed by atoms with Crippen molar-refractivity contribution in [2.75, 3.05) is 26.2 Å². The Hall–Kier alpha value is -3.46. The second-order valence-corrected chi connectivity index (χ2v) is 7.40. The Morgan fingerprint density at radius 2 is 2.03 bits per heavy atom. The zero-order valence-electron chi connectivity index (χ0n) is 16.5. The van der Waals surface area contributed by atoms with Crippen LogP contribution in [0.15, 0.2) is 53.1 Å². The molecule has 4 rings (SSSR count). The molecule has 1 fully saturated rings. The molecule has 1 aromatic carbocycles. The van der Waals surface area contributed by atoms with Gasteiger partial charge < -0.3 is 14.6 Å². The molecule has 3 heterocycles. The summed E-state index contributed by atoms with van der Waals surface area (Å²) in [5, 5.41) is 18.6. The number of likely N-dealkylation sites (tertiary alicyclic amines) is 1. The number of furan rings is 1. The van der Waals surface area contributed by atoms with Crippen LogP contribution in [0.25, 0.3) is 17.1 Å². The summed E-state index contributed by atoms with van der Waals surface area (Å²) in [5.74, 6) is 0.245.